The van der Waals surface area contributed by atoms with E-state index in [0.29, 0.717) is 17.8 Å². The summed E-state index contributed by atoms with van der Waals surface area (Å²) in [4.78, 5) is 33.9. The van der Waals surface area contributed by atoms with Gasteiger partial charge in [-0.3, -0.25) is 25.0 Å². The lowest BCUT2D eigenvalue weighted by Crippen LogP contribution is -2.34. The number of hydrogen-bond donors (Lipinski definition) is 3. The van der Waals surface area contributed by atoms with Gasteiger partial charge in [-0.25, -0.2) is 0 Å². The third-order valence-corrected chi connectivity index (χ3v) is 3.65. The minimum atomic E-state index is -0.575. The molecule has 0 atom stereocenters. The summed E-state index contributed by atoms with van der Waals surface area (Å²) in [5.74, 6) is -0.613. The predicted molar refractivity (Wildman–Crippen MR) is 107 cm³/mol. The van der Waals surface area contributed by atoms with E-state index in [1.807, 2.05) is 6.92 Å². The van der Waals surface area contributed by atoms with Crippen LogP contribution < -0.4 is 16.0 Å². The number of nitrogens with one attached hydrogen (secondary N) is 3. The van der Waals surface area contributed by atoms with E-state index in [4.69, 9.17) is 12.2 Å². The topological polar surface area (TPSA) is 113 Å². The molecule has 2 aromatic rings. The van der Waals surface area contributed by atoms with Crippen molar-refractivity contribution in [1.29, 1.82) is 0 Å². The molecule has 2 rings (SSSR count). The van der Waals surface area contributed by atoms with Gasteiger partial charge >= 0.3 is 0 Å². The van der Waals surface area contributed by atoms with Crippen LogP contribution in [0.3, 0.4) is 0 Å². The molecule has 0 aliphatic heterocycles. The van der Waals surface area contributed by atoms with Crippen molar-refractivity contribution in [2.24, 2.45) is 0 Å². The summed E-state index contributed by atoms with van der Waals surface area (Å²) < 4.78 is 0. The van der Waals surface area contributed by atoms with Crippen molar-refractivity contribution >= 4 is 46.2 Å². The Morgan fingerprint density at radius 3 is 2.30 bits per heavy atom. The van der Waals surface area contributed by atoms with Crippen molar-refractivity contribution in [3.8, 4) is 0 Å². The second-order valence-corrected chi connectivity index (χ2v) is 6.00. The highest BCUT2D eigenvalue weighted by atomic mass is 32.1. The Bertz CT molecular complexity index is 868. The van der Waals surface area contributed by atoms with E-state index in [-0.39, 0.29) is 22.3 Å². The molecule has 9 heteroatoms. The highest BCUT2D eigenvalue weighted by Gasteiger charge is 2.12. The van der Waals surface area contributed by atoms with Gasteiger partial charge in [0.05, 0.1) is 4.92 Å². The fourth-order valence-corrected chi connectivity index (χ4v) is 2.40. The number of carbonyl (C=O) groups is 2. The summed E-state index contributed by atoms with van der Waals surface area (Å²) in [7, 11) is 0. The monoisotopic (exact) mass is 386 g/mol. The van der Waals surface area contributed by atoms with Crippen LogP contribution in [0.1, 0.15) is 30.1 Å². The van der Waals surface area contributed by atoms with Crippen molar-refractivity contribution in [2.75, 3.05) is 10.6 Å². The maximum Gasteiger partial charge on any atom is 0.270 e. The summed E-state index contributed by atoms with van der Waals surface area (Å²) in [6.45, 7) is 1.93. The highest BCUT2D eigenvalue weighted by Crippen LogP contribution is 2.15. The van der Waals surface area contributed by atoms with Gasteiger partial charge in [-0.15, -0.1) is 0 Å². The van der Waals surface area contributed by atoms with Crippen molar-refractivity contribution in [3.05, 3.63) is 64.2 Å². The minimum absolute atomic E-state index is 0.0503. The van der Waals surface area contributed by atoms with Crippen LogP contribution in [-0.2, 0) is 4.79 Å². The number of carbonyl (C=O) groups excluding carboxylic acids is 2. The molecule has 140 valence electrons. The Hall–Kier alpha value is -3.33. The molecular weight excluding hydrogens is 368 g/mol. The van der Waals surface area contributed by atoms with E-state index in [0.717, 1.165) is 6.42 Å². The van der Waals surface area contributed by atoms with Gasteiger partial charge in [0, 0.05) is 35.5 Å². The standard InChI is InChI=1S/C18H18N4O4S/c1-2-4-16(23)19-13-7-9-14(10-8-13)20-18(27)21-17(24)12-5-3-6-15(11-12)22(25)26/h3,5-11H,2,4H2,1H3,(H,19,23)(H2,20,21,24,27). The number of anilines is 2. The van der Waals surface area contributed by atoms with Crippen LogP contribution in [0.25, 0.3) is 0 Å². The fraction of sp³-hybridized carbons (Fsp3) is 0.167. The Balaban J connectivity index is 1.93. The zero-order valence-electron chi connectivity index (χ0n) is 14.5. The van der Waals surface area contributed by atoms with Gasteiger partial charge in [0.25, 0.3) is 11.6 Å². The smallest absolute Gasteiger partial charge is 0.270 e. The quantitative estimate of drug-likeness (QED) is 0.398. The van der Waals surface area contributed by atoms with E-state index in [9.17, 15) is 19.7 Å². The van der Waals surface area contributed by atoms with Crippen molar-refractivity contribution in [3.63, 3.8) is 0 Å². The van der Waals surface area contributed by atoms with Gasteiger partial charge in [-0.2, -0.15) is 0 Å². The van der Waals surface area contributed by atoms with Crippen LogP contribution in [0.5, 0.6) is 0 Å². The van der Waals surface area contributed by atoms with Crippen molar-refractivity contribution in [2.45, 2.75) is 19.8 Å². The van der Waals surface area contributed by atoms with Crippen LogP contribution in [0, 0.1) is 10.1 Å². The van der Waals surface area contributed by atoms with Gasteiger partial charge in [0.2, 0.25) is 5.91 Å². The molecule has 3 N–H and O–H groups in total. The number of benzene rings is 2. The first-order valence-electron chi connectivity index (χ1n) is 8.15. The predicted octanol–water partition coefficient (Wildman–Crippen LogP) is 3.46. The van der Waals surface area contributed by atoms with E-state index in [1.54, 1.807) is 24.3 Å². The molecule has 0 unspecified atom stereocenters. The first kappa shape index (κ1) is 20.0. The molecule has 0 saturated carbocycles. The number of non-ortho nitro benzene ring substituents is 1. The largest absolute Gasteiger partial charge is 0.332 e. The highest BCUT2D eigenvalue weighted by molar-refractivity contribution is 7.80. The molecule has 0 heterocycles. The van der Waals surface area contributed by atoms with Crippen LogP contribution in [0.2, 0.25) is 0 Å². The molecule has 0 fully saturated rings. The Morgan fingerprint density at radius 1 is 1.07 bits per heavy atom. The molecule has 0 bridgehead atoms. The average Bonchev–Trinajstić information content (AvgIpc) is 2.63. The molecule has 0 aliphatic carbocycles. The number of nitrogens with zero attached hydrogens (tertiary/aromatic N) is 1. The van der Waals surface area contributed by atoms with E-state index >= 15 is 0 Å². The van der Waals surface area contributed by atoms with Crippen LogP contribution in [0.15, 0.2) is 48.5 Å². The Kier molecular flexibility index (Phi) is 6.95. The Morgan fingerprint density at radius 2 is 1.70 bits per heavy atom. The first-order chi connectivity index (χ1) is 12.9. The summed E-state index contributed by atoms with van der Waals surface area (Å²) in [6, 6.07) is 12.2. The fourth-order valence-electron chi connectivity index (χ4n) is 2.19. The zero-order chi connectivity index (χ0) is 19.8. The summed E-state index contributed by atoms with van der Waals surface area (Å²) in [5, 5.41) is 18.9. The number of thiocarbonyl (C=S) groups is 1. The van der Waals surface area contributed by atoms with Crippen molar-refractivity contribution < 1.29 is 14.5 Å². The van der Waals surface area contributed by atoms with Gasteiger partial charge in [-0.05, 0) is 49.0 Å². The second-order valence-electron chi connectivity index (χ2n) is 5.59. The minimum Gasteiger partial charge on any atom is -0.332 e. The Labute approximate surface area is 161 Å². The molecule has 2 amide bonds. The second kappa shape index (κ2) is 9.39. The third-order valence-electron chi connectivity index (χ3n) is 3.45. The van der Waals surface area contributed by atoms with Gasteiger partial charge in [0.1, 0.15) is 0 Å². The number of amides is 2. The molecule has 27 heavy (non-hydrogen) atoms. The lowest BCUT2D eigenvalue weighted by molar-refractivity contribution is -0.384. The molecule has 0 aromatic heterocycles. The average molecular weight is 386 g/mol. The summed E-state index contributed by atoms with van der Waals surface area (Å²) >= 11 is 5.09. The normalized spacial score (nSPS) is 9.96. The van der Waals surface area contributed by atoms with Crippen molar-refractivity contribution in [1.82, 2.24) is 5.32 Å². The number of nitro benzene ring substituents is 1. The van der Waals surface area contributed by atoms with Gasteiger partial charge in [-0.1, -0.05) is 13.0 Å². The van der Waals surface area contributed by atoms with E-state index in [1.165, 1.54) is 24.3 Å². The number of nitro groups is 1. The number of rotatable bonds is 6. The van der Waals surface area contributed by atoms with Crippen LogP contribution >= 0.6 is 12.2 Å². The summed E-state index contributed by atoms with van der Waals surface area (Å²) in [6.07, 6.45) is 1.22. The van der Waals surface area contributed by atoms with Gasteiger partial charge in [0.15, 0.2) is 5.11 Å². The molecule has 8 nitrogen and oxygen atoms in total. The molecule has 2 aromatic carbocycles. The molecular formula is C18H18N4O4S. The van der Waals surface area contributed by atoms with Crippen LogP contribution in [-0.4, -0.2) is 21.9 Å². The van der Waals surface area contributed by atoms with Crippen LogP contribution in [0.4, 0.5) is 17.1 Å². The van der Waals surface area contributed by atoms with E-state index in [2.05, 4.69) is 16.0 Å². The zero-order valence-corrected chi connectivity index (χ0v) is 15.3. The lowest BCUT2D eigenvalue weighted by Gasteiger charge is -2.10. The van der Waals surface area contributed by atoms with Gasteiger partial charge < -0.3 is 10.6 Å². The molecule has 0 saturated heterocycles. The van der Waals surface area contributed by atoms with E-state index < -0.39 is 10.8 Å². The summed E-state index contributed by atoms with van der Waals surface area (Å²) in [5.41, 5.74) is 1.22. The maximum atomic E-state index is 12.1. The first-order valence-corrected chi connectivity index (χ1v) is 8.56. The molecule has 0 radical (unpaired) electrons. The SMILES string of the molecule is CCCC(=O)Nc1ccc(NC(=S)NC(=O)c2cccc([N+](=O)[O-])c2)cc1. The maximum absolute atomic E-state index is 12.1. The molecule has 0 spiro atoms. The molecule has 0 aliphatic rings. The number of hydrogen-bond acceptors (Lipinski definition) is 5. The third kappa shape index (κ3) is 6.15. The lowest BCUT2D eigenvalue weighted by atomic mass is 10.2.